The third kappa shape index (κ3) is 4.07. The van der Waals surface area contributed by atoms with Crippen LogP contribution in [-0.2, 0) is 13.1 Å². The maximum Gasteiger partial charge on any atom is 0.320 e. The molecule has 130 valence electrons. The second-order valence-electron chi connectivity index (χ2n) is 5.55. The van der Waals surface area contributed by atoms with Gasteiger partial charge in [0.05, 0.1) is 25.1 Å². The highest BCUT2D eigenvalue weighted by molar-refractivity contribution is 5.89. The van der Waals surface area contributed by atoms with Gasteiger partial charge in [-0.2, -0.15) is 5.10 Å². The van der Waals surface area contributed by atoms with E-state index in [4.69, 9.17) is 4.42 Å². The van der Waals surface area contributed by atoms with Crippen molar-refractivity contribution in [3.8, 4) is 11.3 Å². The van der Waals surface area contributed by atoms with E-state index in [0.29, 0.717) is 18.1 Å². The number of aromatic nitrogens is 2. The number of furan rings is 1. The van der Waals surface area contributed by atoms with Crippen LogP contribution in [0.5, 0.6) is 0 Å². The fraction of sp³-hybridized carbons (Fsp3) is 0.222. The Labute approximate surface area is 145 Å². The largest absolute Gasteiger partial charge is 0.469 e. The molecule has 7 nitrogen and oxygen atoms in total. The lowest BCUT2D eigenvalue weighted by molar-refractivity contribution is 0.250. The van der Waals surface area contributed by atoms with E-state index in [1.807, 2.05) is 43.3 Å². The summed E-state index contributed by atoms with van der Waals surface area (Å²) in [5.41, 5.74) is 2.54. The van der Waals surface area contributed by atoms with Crippen LogP contribution < -0.4 is 10.6 Å². The quantitative estimate of drug-likeness (QED) is 0.643. The zero-order valence-corrected chi connectivity index (χ0v) is 13.9. The zero-order valence-electron chi connectivity index (χ0n) is 13.9. The predicted octanol–water partition coefficient (Wildman–Crippen LogP) is 2.77. The lowest BCUT2D eigenvalue weighted by Crippen LogP contribution is -2.29. The van der Waals surface area contributed by atoms with Crippen molar-refractivity contribution in [2.75, 3.05) is 11.9 Å². The van der Waals surface area contributed by atoms with Crippen LogP contribution in [0.1, 0.15) is 11.3 Å². The Bertz CT molecular complexity index is 839. The molecule has 0 aliphatic heterocycles. The number of anilines is 1. The number of aryl methyl sites for hydroxylation is 1. The fourth-order valence-electron chi connectivity index (χ4n) is 2.50. The number of nitrogens with zero attached hydrogens (tertiary/aromatic N) is 2. The summed E-state index contributed by atoms with van der Waals surface area (Å²) in [4.78, 5) is 12.2. The van der Waals surface area contributed by atoms with Crippen LogP contribution in [0.2, 0.25) is 0 Å². The number of urea groups is 1. The standard InChI is InChI=1S/C18H20N4O3/c1-13-15(7-10-25-13)16-11-17(22(21-16)8-9-23)20-18(24)19-12-14-5-3-2-4-6-14/h2-7,10-11,23H,8-9,12H2,1H3,(H2,19,20,24). The van der Waals surface area contributed by atoms with Gasteiger partial charge >= 0.3 is 6.03 Å². The molecule has 0 aliphatic carbocycles. The summed E-state index contributed by atoms with van der Waals surface area (Å²) >= 11 is 0. The lowest BCUT2D eigenvalue weighted by Gasteiger charge is -2.09. The van der Waals surface area contributed by atoms with Gasteiger partial charge in [0, 0.05) is 18.2 Å². The smallest absolute Gasteiger partial charge is 0.320 e. The van der Waals surface area contributed by atoms with Crippen molar-refractivity contribution in [3.63, 3.8) is 0 Å². The summed E-state index contributed by atoms with van der Waals surface area (Å²) in [6.07, 6.45) is 1.59. The molecule has 0 bridgehead atoms. The van der Waals surface area contributed by atoms with Crippen molar-refractivity contribution in [1.82, 2.24) is 15.1 Å². The van der Waals surface area contributed by atoms with Crippen molar-refractivity contribution >= 4 is 11.8 Å². The molecule has 2 amide bonds. The predicted molar refractivity (Wildman–Crippen MR) is 94.1 cm³/mol. The summed E-state index contributed by atoms with van der Waals surface area (Å²) in [7, 11) is 0. The van der Waals surface area contributed by atoms with E-state index < -0.39 is 0 Å². The monoisotopic (exact) mass is 340 g/mol. The first kappa shape index (κ1) is 16.8. The minimum atomic E-state index is -0.335. The molecule has 3 N–H and O–H groups in total. The van der Waals surface area contributed by atoms with Crippen LogP contribution in [0.4, 0.5) is 10.6 Å². The molecule has 3 aromatic rings. The molecule has 0 spiro atoms. The summed E-state index contributed by atoms with van der Waals surface area (Å²) in [6.45, 7) is 2.48. The first-order valence-electron chi connectivity index (χ1n) is 7.99. The summed E-state index contributed by atoms with van der Waals surface area (Å²) in [5, 5.41) is 19.2. The molecule has 0 saturated heterocycles. The summed E-state index contributed by atoms with van der Waals surface area (Å²) in [5.74, 6) is 1.25. The number of aliphatic hydroxyl groups is 1. The Hall–Kier alpha value is -3.06. The van der Waals surface area contributed by atoms with Crippen LogP contribution in [0, 0.1) is 6.92 Å². The normalized spacial score (nSPS) is 10.6. The Morgan fingerprint density at radius 2 is 2.08 bits per heavy atom. The van der Waals surface area contributed by atoms with E-state index in [2.05, 4.69) is 15.7 Å². The van der Waals surface area contributed by atoms with Gasteiger partial charge in [0.1, 0.15) is 11.6 Å². The molecule has 0 atom stereocenters. The number of carbonyl (C=O) groups is 1. The van der Waals surface area contributed by atoms with Crippen molar-refractivity contribution < 1.29 is 14.3 Å². The number of hydrogen-bond acceptors (Lipinski definition) is 4. The molecule has 1 aromatic carbocycles. The lowest BCUT2D eigenvalue weighted by atomic mass is 10.2. The van der Waals surface area contributed by atoms with E-state index >= 15 is 0 Å². The maximum absolute atomic E-state index is 12.2. The molecule has 0 aliphatic rings. The third-order valence-electron chi connectivity index (χ3n) is 3.76. The Morgan fingerprint density at radius 1 is 1.28 bits per heavy atom. The molecule has 0 unspecified atom stereocenters. The van der Waals surface area contributed by atoms with E-state index in [-0.39, 0.29) is 19.2 Å². The maximum atomic E-state index is 12.2. The second kappa shape index (κ2) is 7.67. The fourth-order valence-corrected chi connectivity index (χ4v) is 2.50. The van der Waals surface area contributed by atoms with Crippen molar-refractivity contribution in [2.24, 2.45) is 0 Å². The number of carbonyl (C=O) groups excluding carboxylic acids is 1. The first-order valence-corrected chi connectivity index (χ1v) is 7.99. The van der Waals surface area contributed by atoms with Crippen LogP contribution in [0.25, 0.3) is 11.3 Å². The molecular formula is C18H20N4O3. The van der Waals surface area contributed by atoms with Gasteiger partial charge in [-0.25, -0.2) is 9.48 Å². The summed E-state index contributed by atoms with van der Waals surface area (Å²) in [6, 6.07) is 12.9. The number of rotatable bonds is 6. The van der Waals surface area contributed by atoms with Crippen LogP contribution >= 0.6 is 0 Å². The van der Waals surface area contributed by atoms with Gasteiger partial charge in [0.25, 0.3) is 0 Å². The molecule has 0 radical (unpaired) electrons. The SMILES string of the molecule is Cc1occc1-c1cc(NC(=O)NCc2ccccc2)n(CCO)n1. The Balaban J connectivity index is 1.71. The molecule has 7 heteroatoms. The average molecular weight is 340 g/mol. The minimum absolute atomic E-state index is 0.0776. The Kier molecular flexibility index (Phi) is 5.15. The van der Waals surface area contributed by atoms with Crippen molar-refractivity contribution in [3.05, 3.63) is 60.1 Å². The van der Waals surface area contributed by atoms with Crippen LogP contribution in [-0.4, -0.2) is 27.5 Å². The van der Waals surface area contributed by atoms with Crippen LogP contribution in [0.15, 0.2) is 53.1 Å². The summed E-state index contributed by atoms with van der Waals surface area (Å²) < 4.78 is 6.86. The molecule has 25 heavy (non-hydrogen) atoms. The highest BCUT2D eigenvalue weighted by atomic mass is 16.3. The van der Waals surface area contributed by atoms with Gasteiger partial charge in [-0.1, -0.05) is 30.3 Å². The molecule has 3 rings (SSSR count). The number of nitrogens with one attached hydrogen (secondary N) is 2. The van der Waals surface area contributed by atoms with E-state index in [0.717, 1.165) is 16.9 Å². The number of amides is 2. The molecule has 2 heterocycles. The van der Waals surface area contributed by atoms with Gasteiger partial charge in [0.15, 0.2) is 0 Å². The van der Waals surface area contributed by atoms with Gasteiger partial charge in [-0.05, 0) is 18.6 Å². The van der Waals surface area contributed by atoms with E-state index in [1.165, 1.54) is 0 Å². The molecule has 0 saturated carbocycles. The number of hydrogen-bond donors (Lipinski definition) is 3. The molecular weight excluding hydrogens is 320 g/mol. The van der Waals surface area contributed by atoms with Gasteiger partial charge in [0.2, 0.25) is 0 Å². The van der Waals surface area contributed by atoms with Crippen molar-refractivity contribution in [2.45, 2.75) is 20.0 Å². The number of aliphatic hydroxyl groups excluding tert-OH is 1. The minimum Gasteiger partial charge on any atom is -0.469 e. The van der Waals surface area contributed by atoms with E-state index in [9.17, 15) is 9.90 Å². The van der Waals surface area contributed by atoms with Gasteiger partial charge in [-0.15, -0.1) is 0 Å². The Morgan fingerprint density at radius 3 is 2.76 bits per heavy atom. The highest BCUT2D eigenvalue weighted by Gasteiger charge is 2.14. The highest BCUT2D eigenvalue weighted by Crippen LogP contribution is 2.25. The van der Waals surface area contributed by atoms with Crippen molar-refractivity contribution in [1.29, 1.82) is 0 Å². The zero-order chi connectivity index (χ0) is 17.6. The second-order valence-corrected chi connectivity index (χ2v) is 5.55. The average Bonchev–Trinajstić information content (AvgIpc) is 3.21. The van der Waals surface area contributed by atoms with Gasteiger partial charge in [-0.3, -0.25) is 5.32 Å². The van der Waals surface area contributed by atoms with E-state index in [1.54, 1.807) is 17.0 Å². The topological polar surface area (TPSA) is 92.3 Å². The first-order chi connectivity index (χ1) is 12.2. The van der Waals surface area contributed by atoms with Gasteiger partial charge < -0.3 is 14.8 Å². The van der Waals surface area contributed by atoms with Crippen LogP contribution in [0.3, 0.4) is 0 Å². The molecule has 0 fully saturated rings. The number of benzene rings is 1. The third-order valence-corrected chi connectivity index (χ3v) is 3.76. The molecule has 2 aromatic heterocycles.